The zero-order valence-corrected chi connectivity index (χ0v) is 9.02. The predicted octanol–water partition coefficient (Wildman–Crippen LogP) is -0.260. The first-order valence-corrected chi connectivity index (χ1v) is 8.40. The molecule has 1 aromatic carbocycles. The molecule has 0 saturated heterocycles. The van der Waals surface area contributed by atoms with E-state index in [0.29, 0.717) is 13.1 Å². The molecule has 1 aromatic rings. The second-order valence-corrected chi connectivity index (χ2v) is 5.20. The number of hydrogen-bond acceptors (Lipinski definition) is 2. The Balaban J connectivity index is 2.91. The summed E-state index contributed by atoms with van der Waals surface area (Å²) in [5, 5.41) is 10.2. The molecule has 0 aliphatic rings. The van der Waals surface area contributed by atoms with Crippen LogP contribution in [0.5, 0.6) is 0 Å². The maximum atomic E-state index is 10.2. The number of hydrogen-bond donors (Lipinski definition) is 0. The van der Waals surface area contributed by atoms with Crippen LogP contribution in [0.15, 0.2) is 24.3 Å². The third-order valence-electron chi connectivity index (χ3n) is 1.15. The molecular weight excluding hydrogens is 276 g/mol. The molecule has 0 aliphatic carbocycles. The van der Waals surface area contributed by atoms with Crippen molar-refractivity contribution >= 4 is 37.5 Å². The van der Waals surface area contributed by atoms with E-state index in [9.17, 15) is 10.1 Å². The molecule has 0 N–H and O–H groups in total. The standard InChI is InChI=1S/C6H5NO2Se2/c8-7(9)5-1-3-6(11-10)4-2-5/h1-4,10H. The molecule has 0 spiro atoms. The Kier molecular flexibility index (Phi) is 3.09. The van der Waals surface area contributed by atoms with E-state index < -0.39 is 0 Å². The van der Waals surface area contributed by atoms with Crippen molar-refractivity contribution in [1.82, 2.24) is 0 Å². The van der Waals surface area contributed by atoms with E-state index in [1.54, 1.807) is 12.1 Å². The Morgan fingerprint density at radius 3 is 2.27 bits per heavy atom. The van der Waals surface area contributed by atoms with Crippen LogP contribution in [0, 0.1) is 10.1 Å². The fourth-order valence-corrected chi connectivity index (χ4v) is 2.50. The summed E-state index contributed by atoms with van der Waals surface area (Å²) in [6.45, 7) is 0. The van der Waals surface area contributed by atoms with Crippen LogP contribution in [0.2, 0.25) is 0 Å². The van der Waals surface area contributed by atoms with Crippen LogP contribution in [0.3, 0.4) is 0 Å². The molecule has 0 saturated carbocycles. The van der Waals surface area contributed by atoms with Gasteiger partial charge in [0.2, 0.25) is 0 Å². The van der Waals surface area contributed by atoms with Gasteiger partial charge in [0.25, 0.3) is 0 Å². The van der Waals surface area contributed by atoms with Gasteiger partial charge in [0.15, 0.2) is 0 Å². The Bertz CT molecular complexity index is 260. The van der Waals surface area contributed by atoms with E-state index in [-0.39, 0.29) is 10.6 Å². The van der Waals surface area contributed by atoms with Gasteiger partial charge in [0, 0.05) is 0 Å². The summed E-state index contributed by atoms with van der Waals surface area (Å²) in [7, 11) is 0. The summed E-state index contributed by atoms with van der Waals surface area (Å²) >= 11 is 2.85. The molecule has 58 valence electrons. The molecule has 1 rings (SSSR count). The van der Waals surface area contributed by atoms with Crippen molar-refractivity contribution in [3.8, 4) is 0 Å². The average Bonchev–Trinajstić information content (AvgIpc) is 2.05. The van der Waals surface area contributed by atoms with Crippen LogP contribution >= 0.6 is 0 Å². The molecule has 0 bridgehead atoms. The molecule has 0 radical (unpaired) electrons. The van der Waals surface area contributed by atoms with Crippen LogP contribution in [0.4, 0.5) is 5.69 Å². The predicted molar refractivity (Wildman–Crippen MR) is 45.6 cm³/mol. The Labute approximate surface area is 76.9 Å². The number of nitro groups is 1. The Morgan fingerprint density at radius 1 is 1.36 bits per heavy atom. The fraction of sp³-hybridized carbons (Fsp3) is 0. The maximum absolute atomic E-state index is 10.2. The number of benzene rings is 1. The summed E-state index contributed by atoms with van der Waals surface area (Å²) in [5.74, 6) is 0. The molecule has 0 aromatic heterocycles. The third kappa shape index (κ3) is 2.31. The number of nitro benzene ring substituents is 1. The van der Waals surface area contributed by atoms with Gasteiger partial charge in [0.05, 0.1) is 0 Å². The van der Waals surface area contributed by atoms with Crippen molar-refractivity contribution in [3.05, 3.63) is 34.4 Å². The van der Waals surface area contributed by atoms with Crippen molar-refractivity contribution in [3.63, 3.8) is 0 Å². The molecule has 0 amide bonds. The van der Waals surface area contributed by atoms with Gasteiger partial charge in [-0.3, -0.25) is 0 Å². The van der Waals surface area contributed by atoms with Crippen LogP contribution in [0.1, 0.15) is 0 Å². The molecule has 5 heteroatoms. The first-order chi connectivity index (χ1) is 5.24. The molecule has 0 fully saturated rings. The SMILES string of the molecule is O=[N+]([O-])c1ccc([Se][SeH])cc1. The van der Waals surface area contributed by atoms with E-state index >= 15 is 0 Å². The summed E-state index contributed by atoms with van der Waals surface area (Å²) in [6.07, 6.45) is 0. The quantitative estimate of drug-likeness (QED) is 0.426. The summed E-state index contributed by atoms with van der Waals surface area (Å²) < 4.78 is 1.16. The van der Waals surface area contributed by atoms with E-state index in [1.807, 2.05) is 0 Å². The molecule has 0 atom stereocenters. The van der Waals surface area contributed by atoms with Gasteiger partial charge in [-0.1, -0.05) is 0 Å². The molecular formula is C6H5NO2Se2. The van der Waals surface area contributed by atoms with Crippen LogP contribution in [-0.2, 0) is 0 Å². The summed E-state index contributed by atoms with van der Waals surface area (Å²) in [6, 6.07) is 6.64. The molecule has 0 unspecified atom stereocenters. The van der Waals surface area contributed by atoms with E-state index in [1.165, 1.54) is 12.1 Å². The van der Waals surface area contributed by atoms with Gasteiger partial charge < -0.3 is 0 Å². The van der Waals surface area contributed by atoms with Crippen molar-refractivity contribution in [2.24, 2.45) is 0 Å². The van der Waals surface area contributed by atoms with Crippen molar-refractivity contribution < 1.29 is 4.92 Å². The second-order valence-electron chi connectivity index (χ2n) is 1.84. The average molecular weight is 281 g/mol. The van der Waals surface area contributed by atoms with Gasteiger partial charge >= 0.3 is 76.8 Å². The van der Waals surface area contributed by atoms with Gasteiger partial charge in [-0.05, 0) is 0 Å². The molecule has 0 heterocycles. The van der Waals surface area contributed by atoms with Gasteiger partial charge in [-0.2, -0.15) is 0 Å². The normalized spacial score (nSPS) is 9.55. The monoisotopic (exact) mass is 283 g/mol. The van der Waals surface area contributed by atoms with Crippen LogP contribution < -0.4 is 4.46 Å². The zero-order valence-electron chi connectivity index (χ0n) is 5.43. The van der Waals surface area contributed by atoms with Gasteiger partial charge in [-0.25, -0.2) is 0 Å². The van der Waals surface area contributed by atoms with Crippen LogP contribution in [-0.4, -0.2) is 32.2 Å². The second kappa shape index (κ2) is 3.88. The Hall–Kier alpha value is -0.341. The van der Waals surface area contributed by atoms with Gasteiger partial charge in [-0.15, -0.1) is 0 Å². The van der Waals surface area contributed by atoms with Crippen LogP contribution in [0.25, 0.3) is 0 Å². The first kappa shape index (κ1) is 8.75. The number of rotatable bonds is 2. The Morgan fingerprint density at radius 2 is 1.91 bits per heavy atom. The molecule has 0 aliphatic heterocycles. The van der Waals surface area contributed by atoms with E-state index in [2.05, 4.69) is 14.2 Å². The van der Waals surface area contributed by atoms with Crippen molar-refractivity contribution in [2.45, 2.75) is 0 Å². The molecule has 11 heavy (non-hydrogen) atoms. The van der Waals surface area contributed by atoms with Gasteiger partial charge in [0.1, 0.15) is 0 Å². The van der Waals surface area contributed by atoms with E-state index in [0.717, 1.165) is 4.46 Å². The number of nitrogens with zero attached hydrogens (tertiary/aromatic N) is 1. The van der Waals surface area contributed by atoms with Crippen molar-refractivity contribution in [1.29, 1.82) is 0 Å². The molecule has 3 nitrogen and oxygen atoms in total. The summed E-state index contributed by atoms with van der Waals surface area (Å²) in [5.41, 5.74) is 0.158. The zero-order chi connectivity index (χ0) is 8.27. The number of non-ortho nitro benzene ring substituents is 1. The topological polar surface area (TPSA) is 43.1 Å². The fourth-order valence-electron chi connectivity index (χ4n) is 0.629. The minimum atomic E-state index is -0.388. The minimum absolute atomic E-state index is 0.158. The third-order valence-corrected chi connectivity index (χ3v) is 4.46. The van der Waals surface area contributed by atoms with Crippen molar-refractivity contribution in [2.75, 3.05) is 0 Å². The van der Waals surface area contributed by atoms with E-state index in [4.69, 9.17) is 0 Å². The summed E-state index contributed by atoms with van der Waals surface area (Å²) in [4.78, 5) is 9.82. The first-order valence-electron chi connectivity index (χ1n) is 2.80.